The van der Waals surface area contributed by atoms with Crippen LogP contribution in [0, 0.1) is 13.8 Å². The third-order valence-electron chi connectivity index (χ3n) is 3.17. The zero-order valence-electron chi connectivity index (χ0n) is 11.3. The molecule has 2 N–H and O–H groups in total. The van der Waals surface area contributed by atoms with Crippen LogP contribution in [0.15, 0.2) is 24.3 Å². The first-order valence-electron chi connectivity index (χ1n) is 6.25. The van der Waals surface area contributed by atoms with E-state index in [-0.39, 0.29) is 0 Å². The minimum absolute atomic E-state index is 0.383. The Bertz CT molecular complexity index is 568. The van der Waals surface area contributed by atoms with Gasteiger partial charge < -0.3 is 5.32 Å². The Morgan fingerprint density at radius 1 is 1.20 bits per heavy atom. The quantitative estimate of drug-likeness (QED) is 0.903. The monoisotopic (exact) mass is 283 g/mol. The molecule has 0 saturated carbocycles. The number of halogens is 3. The average Bonchev–Trinajstić information content (AvgIpc) is 2.70. The van der Waals surface area contributed by atoms with Crippen molar-refractivity contribution in [2.75, 3.05) is 0 Å². The first kappa shape index (κ1) is 14.6. The molecule has 1 aromatic heterocycles. The fourth-order valence-corrected chi connectivity index (χ4v) is 2.02. The van der Waals surface area contributed by atoms with Gasteiger partial charge in [0.2, 0.25) is 0 Å². The highest BCUT2D eigenvalue weighted by Crippen LogP contribution is 2.29. The SMILES string of the molecule is Cc1n[nH]c(C)c1CNCc1cccc(C(F)(F)F)c1. The second-order valence-corrected chi connectivity index (χ2v) is 4.71. The third kappa shape index (κ3) is 3.39. The predicted octanol–water partition coefficient (Wildman–Crippen LogP) is 3.34. The molecule has 0 amide bonds. The summed E-state index contributed by atoms with van der Waals surface area (Å²) in [4.78, 5) is 0. The van der Waals surface area contributed by atoms with Crippen LogP contribution in [-0.2, 0) is 19.3 Å². The fourth-order valence-electron chi connectivity index (χ4n) is 2.02. The van der Waals surface area contributed by atoms with Gasteiger partial charge in [0, 0.05) is 24.3 Å². The summed E-state index contributed by atoms with van der Waals surface area (Å²) in [6, 6.07) is 5.35. The molecule has 2 rings (SSSR count). The molecule has 6 heteroatoms. The van der Waals surface area contributed by atoms with E-state index in [2.05, 4.69) is 15.5 Å². The van der Waals surface area contributed by atoms with Gasteiger partial charge in [-0.05, 0) is 25.5 Å². The topological polar surface area (TPSA) is 40.7 Å². The van der Waals surface area contributed by atoms with E-state index in [0.717, 1.165) is 23.0 Å². The molecule has 0 aliphatic rings. The lowest BCUT2D eigenvalue weighted by Gasteiger charge is -2.09. The van der Waals surface area contributed by atoms with Crippen molar-refractivity contribution in [1.29, 1.82) is 0 Å². The van der Waals surface area contributed by atoms with Crippen LogP contribution in [0.2, 0.25) is 0 Å². The number of hydrogen-bond acceptors (Lipinski definition) is 2. The van der Waals surface area contributed by atoms with Crippen molar-refractivity contribution in [3.8, 4) is 0 Å². The first-order chi connectivity index (χ1) is 9.38. The summed E-state index contributed by atoms with van der Waals surface area (Å²) in [6.07, 6.45) is -4.30. The van der Waals surface area contributed by atoms with Crippen molar-refractivity contribution in [3.63, 3.8) is 0 Å². The van der Waals surface area contributed by atoms with Gasteiger partial charge in [0.25, 0.3) is 0 Å². The fraction of sp³-hybridized carbons (Fsp3) is 0.357. The summed E-state index contributed by atoms with van der Waals surface area (Å²) >= 11 is 0. The second kappa shape index (κ2) is 5.66. The molecular weight excluding hydrogens is 267 g/mol. The lowest BCUT2D eigenvalue weighted by atomic mass is 10.1. The van der Waals surface area contributed by atoms with Crippen molar-refractivity contribution in [3.05, 3.63) is 52.3 Å². The van der Waals surface area contributed by atoms with Crippen LogP contribution in [-0.4, -0.2) is 10.2 Å². The molecule has 0 saturated heterocycles. The number of H-pyrrole nitrogens is 1. The van der Waals surface area contributed by atoms with Crippen LogP contribution in [0.3, 0.4) is 0 Å². The van der Waals surface area contributed by atoms with E-state index in [1.165, 1.54) is 12.1 Å². The number of hydrogen-bond donors (Lipinski definition) is 2. The van der Waals surface area contributed by atoms with Crippen LogP contribution < -0.4 is 5.32 Å². The Balaban J connectivity index is 1.98. The van der Waals surface area contributed by atoms with Gasteiger partial charge in [-0.15, -0.1) is 0 Å². The summed E-state index contributed by atoms with van der Waals surface area (Å²) in [7, 11) is 0. The van der Waals surface area contributed by atoms with Crippen molar-refractivity contribution in [2.24, 2.45) is 0 Å². The summed E-state index contributed by atoms with van der Waals surface area (Å²) in [5, 5.41) is 10.1. The van der Waals surface area contributed by atoms with Crippen LogP contribution in [0.4, 0.5) is 13.2 Å². The number of alkyl halides is 3. The largest absolute Gasteiger partial charge is 0.416 e. The number of nitrogens with one attached hydrogen (secondary N) is 2. The summed E-state index contributed by atoms with van der Waals surface area (Å²) in [5.41, 5.74) is 2.92. The van der Waals surface area contributed by atoms with E-state index in [9.17, 15) is 13.2 Å². The number of aryl methyl sites for hydroxylation is 2. The van der Waals surface area contributed by atoms with Gasteiger partial charge in [0.05, 0.1) is 11.3 Å². The van der Waals surface area contributed by atoms with Crippen molar-refractivity contribution in [2.45, 2.75) is 33.1 Å². The maximum atomic E-state index is 12.6. The molecule has 0 aliphatic heterocycles. The summed E-state index contributed by atoms with van der Waals surface area (Å²) in [6.45, 7) is 4.77. The van der Waals surface area contributed by atoms with Gasteiger partial charge in [-0.1, -0.05) is 18.2 Å². The minimum Gasteiger partial charge on any atom is -0.308 e. The highest BCUT2D eigenvalue weighted by atomic mass is 19.4. The van der Waals surface area contributed by atoms with Gasteiger partial charge in [0.15, 0.2) is 0 Å². The van der Waals surface area contributed by atoms with Gasteiger partial charge in [-0.25, -0.2) is 0 Å². The Hall–Kier alpha value is -1.82. The molecule has 3 nitrogen and oxygen atoms in total. The normalized spacial score (nSPS) is 11.8. The van der Waals surface area contributed by atoms with Gasteiger partial charge in [-0.3, -0.25) is 5.10 Å². The molecule has 0 radical (unpaired) electrons. The Kier molecular flexibility index (Phi) is 4.13. The Morgan fingerprint density at radius 2 is 1.95 bits per heavy atom. The van der Waals surface area contributed by atoms with Gasteiger partial charge >= 0.3 is 6.18 Å². The second-order valence-electron chi connectivity index (χ2n) is 4.71. The van der Waals surface area contributed by atoms with E-state index < -0.39 is 11.7 Å². The zero-order chi connectivity index (χ0) is 14.8. The number of aromatic amines is 1. The standard InChI is InChI=1S/C14H16F3N3/c1-9-13(10(2)20-19-9)8-18-7-11-4-3-5-12(6-11)14(15,16)17/h3-6,18H,7-8H2,1-2H3,(H,19,20). The molecular formula is C14H16F3N3. The highest BCUT2D eigenvalue weighted by molar-refractivity contribution is 5.26. The third-order valence-corrected chi connectivity index (χ3v) is 3.17. The van der Waals surface area contributed by atoms with E-state index in [4.69, 9.17) is 0 Å². The molecule has 0 unspecified atom stereocenters. The van der Waals surface area contributed by atoms with Gasteiger partial charge in [0.1, 0.15) is 0 Å². The minimum atomic E-state index is -4.30. The van der Waals surface area contributed by atoms with Gasteiger partial charge in [-0.2, -0.15) is 18.3 Å². The van der Waals surface area contributed by atoms with Crippen molar-refractivity contribution < 1.29 is 13.2 Å². The number of rotatable bonds is 4. The molecule has 0 bridgehead atoms. The van der Waals surface area contributed by atoms with Crippen LogP contribution in [0.5, 0.6) is 0 Å². The van der Waals surface area contributed by atoms with Crippen LogP contribution in [0.25, 0.3) is 0 Å². The molecule has 0 fully saturated rings. The smallest absolute Gasteiger partial charge is 0.308 e. The molecule has 0 spiro atoms. The first-order valence-corrected chi connectivity index (χ1v) is 6.25. The molecule has 0 atom stereocenters. The molecule has 1 heterocycles. The molecule has 2 aromatic rings. The number of benzene rings is 1. The zero-order valence-corrected chi connectivity index (χ0v) is 11.3. The average molecular weight is 283 g/mol. The van der Waals surface area contributed by atoms with E-state index >= 15 is 0 Å². The molecule has 0 aliphatic carbocycles. The van der Waals surface area contributed by atoms with E-state index in [1.807, 2.05) is 13.8 Å². The Morgan fingerprint density at radius 3 is 2.55 bits per heavy atom. The maximum absolute atomic E-state index is 12.6. The Labute approximate surface area is 115 Å². The molecule has 108 valence electrons. The summed E-state index contributed by atoms with van der Waals surface area (Å²) < 4.78 is 37.8. The predicted molar refractivity (Wildman–Crippen MR) is 70.0 cm³/mol. The van der Waals surface area contributed by atoms with Crippen molar-refractivity contribution >= 4 is 0 Å². The van der Waals surface area contributed by atoms with Crippen LogP contribution >= 0.6 is 0 Å². The lowest BCUT2D eigenvalue weighted by molar-refractivity contribution is -0.137. The molecule has 20 heavy (non-hydrogen) atoms. The lowest BCUT2D eigenvalue weighted by Crippen LogP contribution is -2.14. The van der Waals surface area contributed by atoms with Crippen molar-refractivity contribution in [1.82, 2.24) is 15.5 Å². The number of nitrogens with zero attached hydrogens (tertiary/aromatic N) is 1. The van der Waals surface area contributed by atoms with E-state index in [1.54, 1.807) is 6.07 Å². The van der Waals surface area contributed by atoms with Crippen LogP contribution in [0.1, 0.15) is 28.1 Å². The highest BCUT2D eigenvalue weighted by Gasteiger charge is 2.30. The maximum Gasteiger partial charge on any atom is 0.416 e. The van der Waals surface area contributed by atoms with E-state index in [0.29, 0.717) is 18.7 Å². The summed E-state index contributed by atoms with van der Waals surface area (Å²) in [5.74, 6) is 0. The number of aromatic nitrogens is 2. The molecule has 1 aromatic carbocycles.